The van der Waals surface area contributed by atoms with Gasteiger partial charge in [-0.3, -0.25) is 0 Å². The number of aliphatic hydroxyl groups excluding tert-OH is 1. The van der Waals surface area contributed by atoms with Crippen LogP contribution < -0.4 is 0 Å². The molecule has 1 aromatic rings. The van der Waals surface area contributed by atoms with E-state index in [9.17, 15) is 5.11 Å². The summed E-state index contributed by atoms with van der Waals surface area (Å²) >= 11 is 0. The maximum atomic E-state index is 10.3. The molecule has 16 heavy (non-hydrogen) atoms. The van der Waals surface area contributed by atoms with Crippen molar-refractivity contribution in [3.63, 3.8) is 0 Å². The molecular formula is C15H20O. The molecule has 1 N–H and O–H groups in total. The van der Waals surface area contributed by atoms with Gasteiger partial charge in [-0.05, 0) is 31.7 Å². The topological polar surface area (TPSA) is 20.2 Å². The standard InChI is InChI=1S/C15H20O/c1-11-7-9-13(10-8-11)15(16)14-6-4-3-5-12(14)2/h7-10,14-16H,2-6H2,1H3/t14-,15+/m1/s1. The molecule has 1 saturated carbocycles. The summed E-state index contributed by atoms with van der Waals surface area (Å²) in [5.41, 5.74) is 3.48. The van der Waals surface area contributed by atoms with Crippen molar-refractivity contribution in [2.45, 2.75) is 38.7 Å². The molecule has 0 saturated heterocycles. The molecule has 0 aromatic heterocycles. The summed E-state index contributed by atoms with van der Waals surface area (Å²) in [4.78, 5) is 0. The Hall–Kier alpha value is -1.08. The molecule has 2 atom stereocenters. The Bertz CT molecular complexity index is 364. The lowest BCUT2D eigenvalue weighted by molar-refractivity contribution is 0.112. The Labute approximate surface area is 97.8 Å². The lowest BCUT2D eigenvalue weighted by Crippen LogP contribution is -2.18. The van der Waals surface area contributed by atoms with Gasteiger partial charge >= 0.3 is 0 Å². The lowest BCUT2D eigenvalue weighted by Gasteiger charge is -2.29. The second kappa shape index (κ2) is 4.84. The number of hydrogen-bond acceptors (Lipinski definition) is 1. The Kier molecular flexibility index (Phi) is 3.45. The van der Waals surface area contributed by atoms with E-state index >= 15 is 0 Å². The van der Waals surface area contributed by atoms with Gasteiger partial charge in [-0.2, -0.15) is 0 Å². The van der Waals surface area contributed by atoms with Crippen molar-refractivity contribution in [1.82, 2.24) is 0 Å². The van der Waals surface area contributed by atoms with Gasteiger partial charge in [-0.15, -0.1) is 0 Å². The molecule has 86 valence electrons. The van der Waals surface area contributed by atoms with Crippen LogP contribution >= 0.6 is 0 Å². The molecule has 1 nitrogen and oxygen atoms in total. The van der Waals surface area contributed by atoms with Gasteiger partial charge in [0.15, 0.2) is 0 Å². The van der Waals surface area contributed by atoms with Crippen LogP contribution in [0.3, 0.4) is 0 Å². The molecule has 0 unspecified atom stereocenters. The molecular weight excluding hydrogens is 196 g/mol. The van der Waals surface area contributed by atoms with Crippen LogP contribution in [0, 0.1) is 12.8 Å². The number of benzene rings is 1. The first kappa shape index (κ1) is 11.4. The highest BCUT2D eigenvalue weighted by molar-refractivity contribution is 5.25. The number of aryl methyl sites for hydroxylation is 1. The Morgan fingerprint density at radius 1 is 1.25 bits per heavy atom. The lowest BCUT2D eigenvalue weighted by atomic mass is 9.79. The van der Waals surface area contributed by atoms with Crippen molar-refractivity contribution in [2.24, 2.45) is 5.92 Å². The highest BCUT2D eigenvalue weighted by Crippen LogP contribution is 2.37. The molecule has 1 fully saturated rings. The van der Waals surface area contributed by atoms with Crippen LogP contribution in [0.5, 0.6) is 0 Å². The van der Waals surface area contributed by atoms with E-state index < -0.39 is 0 Å². The van der Waals surface area contributed by atoms with Gasteiger partial charge in [0.1, 0.15) is 0 Å². The van der Waals surface area contributed by atoms with Crippen molar-refractivity contribution in [2.75, 3.05) is 0 Å². The fourth-order valence-corrected chi connectivity index (χ4v) is 2.48. The van der Waals surface area contributed by atoms with Gasteiger partial charge in [0.2, 0.25) is 0 Å². The van der Waals surface area contributed by atoms with E-state index in [2.05, 4.69) is 25.6 Å². The molecule has 0 amide bonds. The zero-order chi connectivity index (χ0) is 11.5. The van der Waals surface area contributed by atoms with Gasteiger partial charge in [0, 0.05) is 5.92 Å². The second-order valence-electron chi connectivity index (χ2n) is 4.87. The minimum absolute atomic E-state index is 0.261. The fraction of sp³-hybridized carbons (Fsp3) is 0.467. The zero-order valence-corrected chi connectivity index (χ0v) is 9.95. The van der Waals surface area contributed by atoms with Crippen LogP contribution in [0.15, 0.2) is 36.4 Å². The number of rotatable bonds is 2. The molecule has 1 aromatic carbocycles. The van der Waals surface area contributed by atoms with E-state index in [1.54, 1.807) is 0 Å². The van der Waals surface area contributed by atoms with E-state index in [1.807, 2.05) is 12.1 Å². The number of hydrogen-bond donors (Lipinski definition) is 1. The van der Waals surface area contributed by atoms with Crippen molar-refractivity contribution in [3.8, 4) is 0 Å². The average molecular weight is 216 g/mol. The number of aliphatic hydroxyl groups is 1. The van der Waals surface area contributed by atoms with Gasteiger partial charge in [0.25, 0.3) is 0 Å². The van der Waals surface area contributed by atoms with Crippen molar-refractivity contribution in [1.29, 1.82) is 0 Å². The molecule has 1 aliphatic rings. The predicted octanol–water partition coefficient (Wildman–Crippen LogP) is 3.77. The summed E-state index contributed by atoms with van der Waals surface area (Å²) in [6.07, 6.45) is 4.23. The first-order valence-electron chi connectivity index (χ1n) is 6.11. The average Bonchev–Trinajstić information content (AvgIpc) is 2.30. The van der Waals surface area contributed by atoms with Gasteiger partial charge in [-0.1, -0.05) is 48.4 Å². The SMILES string of the molecule is C=C1CCCC[C@H]1[C@@H](O)c1ccc(C)cc1. The van der Waals surface area contributed by atoms with E-state index in [0.717, 1.165) is 18.4 Å². The summed E-state index contributed by atoms with van der Waals surface area (Å²) in [5, 5.41) is 10.3. The Balaban J connectivity index is 2.14. The maximum absolute atomic E-state index is 10.3. The third-order valence-corrected chi connectivity index (χ3v) is 3.59. The fourth-order valence-electron chi connectivity index (χ4n) is 2.48. The normalized spacial score (nSPS) is 23.1. The largest absolute Gasteiger partial charge is 0.388 e. The monoisotopic (exact) mass is 216 g/mol. The summed E-state index contributed by atoms with van der Waals surface area (Å²) in [6.45, 7) is 6.16. The minimum Gasteiger partial charge on any atom is -0.388 e. The second-order valence-corrected chi connectivity index (χ2v) is 4.87. The molecule has 0 heterocycles. The van der Waals surface area contributed by atoms with Crippen LogP contribution in [-0.2, 0) is 0 Å². The van der Waals surface area contributed by atoms with E-state index in [-0.39, 0.29) is 12.0 Å². The highest BCUT2D eigenvalue weighted by atomic mass is 16.3. The van der Waals surface area contributed by atoms with Crippen LogP contribution in [0.2, 0.25) is 0 Å². The van der Waals surface area contributed by atoms with Crippen LogP contribution in [0.1, 0.15) is 42.9 Å². The molecule has 0 spiro atoms. The first-order chi connectivity index (χ1) is 7.68. The Morgan fingerprint density at radius 3 is 2.56 bits per heavy atom. The van der Waals surface area contributed by atoms with Gasteiger partial charge in [0.05, 0.1) is 6.10 Å². The van der Waals surface area contributed by atoms with Gasteiger partial charge < -0.3 is 5.11 Å². The minimum atomic E-state index is -0.367. The predicted molar refractivity (Wildman–Crippen MR) is 67.2 cm³/mol. The van der Waals surface area contributed by atoms with Crippen molar-refractivity contribution >= 4 is 0 Å². The summed E-state index contributed by atoms with van der Waals surface area (Å²) < 4.78 is 0. The molecule has 1 aliphatic carbocycles. The third kappa shape index (κ3) is 2.35. The van der Waals surface area contributed by atoms with Crippen LogP contribution in [-0.4, -0.2) is 5.11 Å². The molecule has 0 aliphatic heterocycles. The molecule has 2 rings (SSSR count). The summed E-state index contributed by atoms with van der Waals surface area (Å²) in [7, 11) is 0. The maximum Gasteiger partial charge on any atom is 0.0855 e. The zero-order valence-electron chi connectivity index (χ0n) is 9.95. The van der Waals surface area contributed by atoms with Crippen LogP contribution in [0.4, 0.5) is 0 Å². The van der Waals surface area contributed by atoms with Crippen LogP contribution in [0.25, 0.3) is 0 Å². The molecule has 1 heteroatoms. The molecule has 0 bridgehead atoms. The van der Waals surface area contributed by atoms with E-state index in [1.165, 1.54) is 24.0 Å². The van der Waals surface area contributed by atoms with Crippen molar-refractivity contribution < 1.29 is 5.11 Å². The summed E-state index contributed by atoms with van der Waals surface area (Å²) in [5.74, 6) is 0.261. The third-order valence-electron chi connectivity index (χ3n) is 3.59. The highest BCUT2D eigenvalue weighted by Gasteiger charge is 2.25. The van der Waals surface area contributed by atoms with E-state index in [0.29, 0.717) is 0 Å². The smallest absolute Gasteiger partial charge is 0.0855 e. The quantitative estimate of drug-likeness (QED) is 0.746. The first-order valence-corrected chi connectivity index (χ1v) is 6.11. The van der Waals surface area contributed by atoms with E-state index in [4.69, 9.17) is 0 Å². The van der Waals surface area contributed by atoms with Gasteiger partial charge in [-0.25, -0.2) is 0 Å². The van der Waals surface area contributed by atoms with Crippen molar-refractivity contribution in [3.05, 3.63) is 47.5 Å². The molecule has 0 radical (unpaired) electrons. The Morgan fingerprint density at radius 2 is 1.94 bits per heavy atom. The summed E-state index contributed by atoms with van der Waals surface area (Å²) in [6, 6.07) is 8.18.